The Kier molecular flexibility index (Phi) is 3.17. The Morgan fingerprint density at radius 1 is 1.33 bits per heavy atom. The molecule has 2 aromatic rings. The molecule has 2 rings (SSSR count). The van der Waals surface area contributed by atoms with E-state index in [0.29, 0.717) is 11.7 Å². The van der Waals surface area contributed by atoms with E-state index in [9.17, 15) is 0 Å². The minimum Gasteiger partial charge on any atom is -0.334 e. The number of rotatable bonds is 2. The van der Waals surface area contributed by atoms with Gasteiger partial charge in [0.25, 0.3) is 5.89 Å². The van der Waals surface area contributed by atoms with Gasteiger partial charge >= 0.3 is 0 Å². The Balaban J connectivity index is 2.31. The molecule has 0 amide bonds. The van der Waals surface area contributed by atoms with Crippen molar-refractivity contribution < 1.29 is 4.52 Å². The Morgan fingerprint density at radius 2 is 2.06 bits per heavy atom. The van der Waals surface area contributed by atoms with Crippen molar-refractivity contribution in [2.75, 3.05) is 0 Å². The molecule has 5 heteroatoms. The second-order valence-corrected chi connectivity index (χ2v) is 5.49. The first-order chi connectivity index (χ1) is 8.38. The zero-order chi connectivity index (χ0) is 13.3. The van der Waals surface area contributed by atoms with Crippen LogP contribution in [0.2, 0.25) is 0 Å². The van der Waals surface area contributed by atoms with Crippen molar-refractivity contribution in [3.8, 4) is 11.5 Å². The van der Waals surface area contributed by atoms with Gasteiger partial charge in [-0.15, -0.1) is 0 Å². The van der Waals surface area contributed by atoms with Gasteiger partial charge < -0.3 is 10.3 Å². The molecule has 0 saturated carbocycles. The van der Waals surface area contributed by atoms with E-state index in [1.54, 1.807) is 6.20 Å². The fraction of sp³-hybridized carbons (Fsp3) is 0.462. The van der Waals surface area contributed by atoms with Crippen molar-refractivity contribution >= 4 is 0 Å². The Morgan fingerprint density at radius 3 is 2.67 bits per heavy atom. The van der Waals surface area contributed by atoms with Crippen molar-refractivity contribution in [1.82, 2.24) is 15.1 Å². The molecule has 0 fully saturated rings. The van der Waals surface area contributed by atoms with Gasteiger partial charge in [-0.2, -0.15) is 4.98 Å². The second kappa shape index (κ2) is 4.49. The van der Waals surface area contributed by atoms with Gasteiger partial charge in [-0.05, 0) is 24.5 Å². The number of nitrogens with two attached hydrogens (primary N) is 1. The summed E-state index contributed by atoms with van der Waals surface area (Å²) in [5.41, 5.74) is 7.77. The van der Waals surface area contributed by atoms with E-state index >= 15 is 0 Å². The highest BCUT2D eigenvalue weighted by Crippen LogP contribution is 2.29. The van der Waals surface area contributed by atoms with Crippen LogP contribution in [0.15, 0.2) is 22.9 Å². The number of pyridine rings is 1. The van der Waals surface area contributed by atoms with Gasteiger partial charge in [-0.1, -0.05) is 25.9 Å². The molecule has 0 spiro atoms. The van der Waals surface area contributed by atoms with Crippen molar-refractivity contribution in [1.29, 1.82) is 0 Å². The van der Waals surface area contributed by atoms with Crippen molar-refractivity contribution in [3.63, 3.8) is 0 Å². The summed E-state index contributed by atoms with van der Waals surface area (Å²) in [7, 11) is 0. The average Bonchev–Trinajstić information content (AvgIpc) is 2.75. The van der Waals surface area contributed by atoms with E-state index in [1.807, 2.05) is 39.8 Å². The molecule has 0 aliphatic rings. The van der Waals surface area contributed by atoms with E-state index in [2.05, 4.69) is 15.1 Å². The molecule has 0 radical (unpaired) electrons. The molecule has 18 heavy (non-hydrogen) atoms. The number of aromatic nitrogens is 3. The van der Waals surface area contributed by atoms with Gasteiger partial charge in [-0.3, -0.25) is 4.98 Å². The smallest absolute Gasteiger partial charge is 0.258 e. The average molecular weight is 246 g/mol. The fourth-order valence-corrected chi connectivity index (χ4v) is 1.54. The first-order valence-electron chi connectivity index (χ1n) is 5.90. The highest BCUT2D eigenvalue weighted by molar-refractivity contribution is 5.52. The van der Waals surface area contributed by atoms with E-state index in [-0.39, 0.29) is 11.5 Å². The zero-order valence-electron chi connectivity index (χ0n) is 11.1. The highest BCUT2D eigenvalue weighted by Gasteiger charge is 2.27. The molecule has 2 N–H and O–H groups in total. The predicted molar refractivity (Wildman–Crippen MR) is 68.6 cm³/mol. The summed E-state index contributed by atoms with van der Waals surface area (Å²) in [4.78, 5) is 8.49. The van der Waals surface area contributed by atoms with Gasteiger partial charge in [0.2, 0.25) is 0 Å². The summed E-state index contributed by atoms with van der Waals surface area (Å²) < 4.78 is 5.25. The monoisotopic (exact) mass is 246 g/mol. The lowest BCUT2D eigenvalue weighted by molar-refractivity contribution is 0.303. The summed E-state index contributed by atoms with van der Waals surface area (Å²) in [6.45, 7) is 8.06. The van der Waals surface area contributed by atoms with Gasteiger partial charge in [-0.25, -0.2) is 0 Å². The van der Waals surface area contributed by atoms with Crippen LogP contribution in [0, 0.1) is 12.3 Å². The number of nitrogens with zero attached hydrogens (tertiary/aromatic N) is 3. The summed E-state index contributed by atoms with van der Waals surface area (Å²) in [6.07, 6.45) is 1.72. The standard InChI is InChI=1S/C13H18N4O/c1-8-7-9(5-6-15-8)12-16-11(17-18-12)10(14)13(2,3)4/h5-7,10H,14H2,1-4H3. The molecule has 0 aliphatic carbocycles. The molecule has 0 bridgehead atoms. The van der Waals surface area contributed by atoms with Crippen LogP contribution in [0.3, 0.4) is 0 Å². The van der Waals surface area contributed by atoms with Crippen LogP contribution < -0.4 is 5.73 Å². The molecular formula is C13H18N4O. The summed E-state index contributed by atoms with van der Waals surface area (Å²) >= 11 is 0. The van der Waals surface area contributed by atoms with Crippen LogP contribution in [0.25, 0.3) is 11.5 Å². The Bertz CT molecular complexity index is 542. The van der Waals surface area contributed by atoms with Crippen molar-refractivity contribution in [3.05, 3.63) is 29.8 Å². The first kappa shape index (κ1) is 12.7. The highest BCUT2D eigenvalue weighted by atomic mass is 16.5. The molecule has 0 saturated heterocycles. The maximum absolute atomic E-state index is 6.10. The molecule has 0 aliphatic heterocycles. The largest absolute Gasteiger partial charge is 0.334 e. The van der Waals surface area contributed by atoms with Crippen molar-refractivity contribution in [2.24, 2.45) is 11.1 Å². The summed E-state index contributed by atoms with van der Waals surface area (Å²) in [5.74, 6) is 1.02. The molecular weight excluding hydrogens is 228 g/mol. The van der Waals surface area contributed by atoms with Gasteiger partial charge in [0.15, 0.2) is 5.82 Å². The minimum atomic E-state index is -0.252. The third kappa shape index (κ3) is 2.56. The molecule has 96 valence electrons. The van der Waals surface area contributed by atoms with Crippen LogP contribution in [0.4, 0.5) is 0 Å². The van der Waals surface area contributed by atoms with Gasteiger partial charge in [0, 0.05) is 17.5 Å². The fourth-order valence-electron chi connectivity index (χ4n) is 1.54. The van der Waals surface area contributed by atoms with Crippen LogP contribution >= 0.6 is 0 Å². The van der Waals surface area contributed by atoms with Gasteiger partial charge in [0.1, 0.15) is 0 Å². The molecule has 0 aromatic carbocycles. The molecule has 2 aromatic heterocycles. The number of hydrogen-bond acceptors (Lipinski definition) is 5. The lowest BCUT2D eigenvalue weighted by atomic mass is 9.87. The summed E-state index contributed by atoms with van der Waals surface area (Å²) in [5, 5.41) is 3.96. The molecule has 2 heterocycles. The molecule has 5 nitrogen and oxygen atoms in total. The third-order valence-electron chi connectivity index (χ3n) is 2.80. The number of aryl methyl sites for hydroxylation is 1. The topological polar surface area (TPSA) is 77.8 Å². The normalized spacial score (nSPS) is 13.6. The van der Waals surface area contributed by atoms with E-state index in [1.165, 1.54) is 0 Å². The molecule has 1 unspecified atom stereocenters. The van der Waals surface area contributed by atoms with Crippen LogP contribution in [0.1, 0.15) is 38.3 Å². The van der Waals surface area contributed by atoms with E-state index < -0.39 is 0 Å². The first-order valence-corrected chi connectivity index (χ1v) is 5.90. The minimum absolute atomic E-state index is 0.102. The van der Waals surface area contributed by atoms with Crippen LogP contribution in [-0.2, 0) is 0 Å². The zero-order valence-corrected chi connectivity index (χ0v) is 11.1. The van der Waals surface area contributed by atoms with Gasteiger partial charge in [0.05, 0.1) is 6.04 Å². The third-order valence-corrected chi connectivity index (χ3v) is 2.80. The van der Waals surface area contributed by atoms with Crippen LogP contribution in [0.5, 0.6) is 0 Å². The van der Waals surface area contributed by atoms with Crippen LogP contribution in [-0.4, -0.2) is 15.1 Å². The second-order valence-electron chi connectivity index (χ2n) is 5.49. The SMILES string of the molecule is Cc1cc(-c2nc(C(N)C(C)(C)C)no2)ccn1. The maximum atomic E-state index is 6.10. The summed E-state index contributed by atoms with van der Waals surface area (Å²) in [6, 6.07) is 3.49. The lowest BCUT2D eigenvalue weighted by Crippen LogP contribution is -2.27. The lowest BCUT2D eigenvalue weighted by Gasteiger charge is -2.23. The van der Waals surface area contributed by atoms with E-state index in [4.69, 9.17) is 10.3 Å². The van der Waals surface area contributed by atoms with Crippen molar-refractivity contribution in [2.45, 2.75) is 33.7 Å². The van der Waals surface area contributed by atoms with E-state index in [0.717, 1.165) is 11.3 Å². The maximum Gasteiger partial charge on any atom is 0.258 e. The Labute approximate surface area is 106 Å². The Hall–Kier alpha value is -1.75. The molecule has 1 atom stereocenters. The number of hydrogen-bond donors (Lipinski definition) is 1. The quantitative estimate of drug-likeness (QED) is 0.880. The predicted octanol–water partition coefficient (Wildman–Crippen LogP) is 2.49.